The van der Waals surface area contributed by atoms with Gasteiger partial charge >= 0.3 is 0 Å². The molecule has 0 bridgehead atoms. The van der Waals surface area contributed by atoms with Crippen molar-refractivity contribution < 1.29 is 9.84 Å². The molecule has 0 unspecified atom stereocenters. The van der Waals surface area contributed by atoms with Gasteiger partial charge in [-0.25, -0.2) is 4.98 Å². The minimum Gasteiger partial charge on any atom is -0.507 e. The Morgan fingerprint density at radius 2 is 1.90 bits per heavy atom. The van der Waals surface area contributed by atoms with Gasteiger partial charge in [0.2, 0.25) is 5.88 Å². The number of ether oxygens (including phenoxy) is 1. The first-order valence-corrected chi connectivity index (χ1v) is 7.10. The van der Waals surface area contributed by atoms with Crippen LogP contribution in [-0.2, 0) is 0 Å². The van der Waals surface area contributed by atoms with Crippen molar-refractivity contribution in [2.24, 2.45) is 0 Å². The fraction of sp³-hybridized carbons (Fsp3) is 0.333. The molecule has 0 spiro atoms. The van der Waals surface area contributed by atoms with Crippen LogP contribution in [0.25, 0.3) is 11.4 Å². The average Bonchev–Trinajstić information content (AvgIpc) is 2.91. The van der Waals surface area contributed by atoms with Crippen LogP contribution < -0.4 is 4.74 Å². The number of benzene rings is 1. The molecule has 1 aromatic carbocycles. The number of aromatic hydroxyl groups is 1. The Balaban J connectivity index is 1.92. The van der Waals surface area contributed by atoms with E-state index in [0.29, 0.717) is 22.4 Å². The van der Waals surface area contributed by atoms with E-state index < -0.39 is 0 Å². The zero-order chi connectivity index (χ0) is 13.9. The first kappa shape index (κ1) is 13.2. The molecular weight excluding hydrogens is 276 g/mol. The lowest BCUT2D eigenvalue weighted by Gasteiger charge is -2.13. The minimum absolute atomic E-state index is 0.126. The van der Waals surface area contributed by atoms with Crippen molar-refractivity contribution in [2.75, 3.05) is 0 Å². The number of para-hydroxylation sites is 1. The normalized spacial score (nSPS) is 15.4. The molecule has 104 valence electrons. The van der Waals surface area contributed by atoms with Crippen molar-refractivity contribution in [3.63, 3.8) is 0 Å². The molecular formula is C15H15ClN2O2. The highest BCUT2D eigenvalue weighted by Crippen LogP contribution is 2.30. The molecule has 2 aromatic rings. The van der Waals surface area contributed by atoms with Crippen LogP contribution in [0, 0.1) is 0 Å². The van der Waals surface area contributed by atoms with Crippen molar-refractivity contribution >= 4 is 11.6 Å². The van der Waals surface area contributed by atoms with Crippen LogP contribution in [0.5, 0.6) is 11.6 Å². The van der Waals surface area contributed by atoms with E-state index >= 15 is 0 Å². The van der Waals surface area contributed by atoms with Gasteiger partial charge in [0.05, 0.1) is 5.56 Å². The SMILES string of the molecule is Oc1ccccc1-c1nc(Cl)cc(OC2CCCC2)n1. The van der Waals surface area contributed by atoms with E-state index in [1.54, 1.807) is 24.3 Å². The first-order chi connectivity index (χ1) is 9.72. The number of phenols is 1. The van der Waals surface area contributed by atoms with Crippen LogP contribution in [0.4, 0.5) is 0 Å². The highest BCUT2D eigenvalue weighted by Gasteiger charge is 2.18. The number of hydrogen-bond acceptors (Lipinski definition) is 4. The fourth-order valence-corrected chi connectivity index (χ4v) is 2.59. The van der Waals surface area contributed by atoms with Gasteiger partial charge in [0.25, 0.3) is 0 Å². The van der Waals surface area contributed by atoms with Gasteiger partial charge in [-0.3, -0.25) is 0 Å². The number of phenolic OH excluding ortho intramolecular Hbond substituents is 1. The molecule has 1 aromatic heterocycles. The van der Waals surface area contributed by atoms with Crippen molar-refractivity contribution in [1.82, 2.24) is 9.97 Å². The Morgan fingerprint density at radius 3 is 2.65 bits per heavy atom. The molecule has 5 heteroatoms. The van der Waals surface area contributed by atoms with Crippen molar-refractivity contribution in [3.8, 4) is 23.0 Å². The quantitative estimate of drug-likeness (QED) is 0.873. The summed E-state index contributed by atoms with van der Waals surface area (Å²) in [6.45, 7) is 0. The monoisotopic (exact) mass is 290 g/mol. The van der Waals surface area contributed by atoms with Crippen LogP contribution in [-0.4, -0.2) is 21.2 Å². The summed E-state index contributed by atoms with van der Waals surface area (Å²) in [7, 11) is 0. The van der Waals surface area contributed by atoms with Gasteiger partial charge in [-0.15, -0.1) is 0 Å². The van der Waals surface area contributed by atoms with Crippen LogP contribution >= 0.6 is 11.6 Å². The van der Waals surface area contributed by atoms with Crippen molar-refractivity contribution in [3.05, 3.63) is 35.5 Å². The largest absolute Gasteiger partial charge is 0.507 e. The van der Waals surface area contributed by atoms with E-state index in [1.165, 1.54) is 12.8 Å². The molecule has 0 radical (unpaired) electrons. The summed E-state index contributed by atoms with van der Waals surface area (Å²) in [5.74, 6) is 0.973. The Morgan fingerprint density at radius 1 is 1.15 bits per heavy atom. The standard InChI is InChI=1S/C15H15ClN2O2/c16-13-9-14(20-10-5-1-2-6-10)18-15(17-13)11-7-3-4-8-12(11)19/h3-4,7-10,19H,1-2,5-6H2. The summed E-state index contributed by atoms with van der Waals surface area (Å²) in [5.41, 5.74) is 0.547. The summed E-state index contributed by atoms with van der Waals surface area (Å²) < 4.78 is 5.84. The van der Waals surface area contributed by atoms with E-state index in [-0.39, 0.29) is 11.9 Å². The molecule has 1 aliphatic rings. The third kappa shape index (κ3) is 2.85. The number of rotatable bonds is 3. The predicted octanol–water partition coefficient (Wildman–Crippen LogP) is 3.82. The Bertz CT molecular complexity index is 613. The van der Waals surface area contributed by atoms with Gasteiger partial charge in [0, 0.05) is 6.07 Å². The highest BCUT2D eigenvalue weighted by molar-refractivity contribution is 6.29. The van der Waals surface area contributed by atoms with E-state index in [4.69, 9.17) is 16.3 Å². The number of hydrogen-bond donors (Lipinski definition) is 1. The lowest BCUT2D eigenvalue weighted by molar-refractivity contribution is 0.201. The number of nitrogens with zero attached hydrogens (tertiary/aromatic N) is 2. The maximum Gasteiger partial charge on any atom is 0.218 e. The predicted molar refractivity (Wildman–Crippen MR) is 77.0 cm³/mol. The van der Waals surface area contributed by atoms with Crippen molar-refractivity contribution in [1.29, 1.82) is 0 Å². The van der Waals surface area contributed by atoms with Gasteiger partial charge < -0.3 is 9.84 Å². The van der Waals surface area contributed by atoms with Gasteiger partial charge in [-0.1, -0.05) is 23.7 Å². The second-order valence-corrected chi connectivity index (χ2v) is 5.28. The second kappa shape index (κ2) is 5.67. The van der Waals surface area contributed by atoms with Gasteiger partial charge in [-0.2, -0.15) is 4.98 Å². The molecule has 3 rings (SSSR count). The van der Waals surface area contributed by atoms with Gasteiger partial charge in [0.1, 0.15) is 17.0 Å². The summed E-state index contributed by atoms with van der Waals surface area (Å²) in [6, 6.07) is 8.52. The third-order valence-corrected chi connectivity index (χ3v) is 3.60. The lowest BCUT2D eigenvalue weighted by Crippen LogP contribution is -2.12. The van der Waals surface area contributed by atoms with Crippen LogP contribution in [0.2, 0.25) is 5.15 Å². The van der Waals surface area contributed by atoms with E-state index in [9.17, 15) is 5.11 Å². The minimum atomic E-state index is 0.126. The molecule has 1 saturated carbocycles. The fourth-order valence-electron chi connectivity index (χ4n) is 2.42. The van der Waals surface area contributed by atoms with Crippen LogP contribution in [0.1, 0.15) is 25.7 Å². The van der Waals surface area contributed by atoms with E-state index in [1.807, 2.05) is 6.07 Å². The highest BCUT2D eigenvalue weighted by atomic mass is 35.5. The summed E-state index contributed by atoms with van der Waals surface area (Å²) in [6.07, 6.45) is 4.69. The maximum absolute atomic E-state index is 9.87. The number of aromatic nitrogens is 2. The molecule has 0 aliphatic heterocycles. The van der Waals surface area contributed by atoms with Crippen LogP contribution in [0.3, 0.4) is 0 Å². The lowest BCUT2D eigenvalue weighted by atomic mass is 10.2. The zero-order valence-corrected chi connectivity index (χ0v) is 11.7. The van der Waals surface area contributed by atoms with Gasteiger partial charge in [0.15, 0.2) is 5.82 Å². The molecule has 1 fully saturated rings. The molecule has 0 atom stereocenters. The zero-order valence-electron chi connectivity index (χ0n) is 10.9. The molecule has 1 N–H and O–H groups in total. The topological polar surface area (TPSA) is 55.2 Å². The third-order valence-electron chi connectivity index (χ3n) is 3.41. The Labute approximate surface area is 122 Å². The van der Waals surface area contributed by atoms with Crippen molar-refractivity contribution in [2.45, 2.75) is 31.8 Å². The smallest absolute Gasteiger partial charge is 0.218 e. The van der Waals surface area contributed by atoms with Gasteiger partial charge in [-0.05, 0) is 37.8 Å². The molecule has 1 heterocycles. The summed E-state index contributed by atoms with van der Waals surface area (Å²) >= 11 is 6.02. The molecule has 20 heavy (non-hydrogen) atoms. The molecule has 4 nitrogen and oxygen atoms in total. The first-order valence-electron chi connectivity index (χ1n) is 6.72. The molecule has 1 aliphatic carbocycles. The Kier molecular flexibility index (Phi) is 3.74. The maximum atomic E-state index is 9.87. The summed E-state index contributed by atoms with van der Waals surface area (Å²) in [4.78, 5) is 8.50. The summed E-state index contributed by atoms with van der Waals surface area (Å²) in [5, 5.41) is 10.2. The van der Waals surface area contributed by atoms with E-state index in [0.717, 1.165) is 12.8 Å². The second-order valence-electron chi connectivity index (χ2n) is 4.89. The average molecular weight is 291 g/mol. The number of halogens is 1. The molecule has 0 amide bonds. The van der Waals surface area contributed by atoms with E-state index in [2.05, 4.69) is 9.97 Å². The van der Waals surface area contributed by atoms with Crippen LogP contribution in [0.15, 0.2) is 30.3 Å². The Hall–Kier alpha value is -1.81. The molecule has 0 saturated heterocycles.